The van der Waals surface area contributed by atoms with E-state index in [2.05, 4.69) is 21.4 Å². The largest absolute Gasteiger partial charge is 0.493 e. The van der Waals surface area contributed by atoms with Crippen molar-refractivity contribution in [3.63, 3.8) is 0 Å². The average Bonchev–Trinajstić information content (AvgIpc) is 3.64. The maximum absolute atomic E-state index is 13.1. The number of carbonyl (C=O) groups excluding carboxylic acids is 1. The van der Waals surface area contributed by atoms with Gasteiger partial charge in [-0.25, -0.2) is 4.98 Å². The van der Waals surface area contributed by atoms with E-state index in [0.717, 1.165) is 31.9 Å². The molecule has 1 amide bonds. The number of hydrogen-bond acceptors (Lipinski definition) is 6. The molecule has 2 aromatic carbocycles. The molecule has 0 saturated carbocycles. The van der Waals surface area contributed by atoms with E-state index < -0.39 is 0 Å². The molecule has 0 saturated heterocycles. The molecule has 6 nitrogen and oxygen atoms in total. The molecule has 5 aromatic rings. The fourth-order valence-electron chi connectivity index (χ4n) is 4.13. The van der Waals surface area contributed by atoms with Crippen LogP contribution in [0.2, 0.25) is 0 Å². The van der Waals surface area contributed by atoms with Crippen LogP contribution in [-0.4, -0.2) is 36.6 Å². The summed E-state index contributed by atoms with van der Waals surface area (Å²) in [6, 6.07) is 18.0. The van der Waals surface area contributed by atoms with E-state index in [0.29, 0.717) is 22.9 Å². The van der Waals surface area contributed by atoms with Crippen molar-refractivity contribution in [2.75, 3.05) is 20.8 Å². The zero-order chi connectivity index (χ0) is 23.5. The van der Waals surface area contributed by atoms with Gasteiger partial charge in [0.25, 0.3) is 5.91 Å². The number of H-pyrrole nitrogens is 1. The minimum Gasteiger partial charge on any atom is -0.493 e. The van der Waals surface area contributed by atoms with Crippen molar-refractivity contribution in [1.82, 2.24) is 15.3 Å². The van der Waals surface area contributed by atoms with Crippen LogP contribution in [-0.2, 0) is 0 Å². The number of hydrogen-bond donors (Lipinski definition) is 2. The number of aromatic nitrogens is 2. The van der Waals surface area contributed by atoms with E-state index in [-0.39, 0.29) is 11.8 Å². The third kappa shape index (κ3) is 4.18. The second-order valence-corrected chi connectivity index (χ2v) is 9.62. The first kappa shape index (κ1) is 22.2. The number of nitrogens with zero attached hydrogens (tertiary/aromatic N) is 1. The molecule has 0 radical (unpaired) electrons. The van der Waals surface area contributed by atoms with Gasteiger partial charge in [-0.15, -0.1) is 22.7 Å². The number of aromatic amines is 1. The number of benzene rings is 2. The van der Waals surface area contributed by atoms with Crippen molar-refractivity contribution < 1.29 is 14.3 Å². The minimum atomic E-state index is -0.158. The maximum atomic E-state index is 13.1. The van der Waals surface area contributed by atoms with Gasteiger partial charge in [0.2, 0.25) is 0 Å². The van der Waals surface area contributed by atoms with Gasteiger partial charge in [0.05, 0.1) is 25.3 Å². The van der Waals surface area contributed by atoms with Gasteiger partial charge in [-0.2, -0.15) is 0 Å². The van der Waals surface area contributed by atoms with E-state index >= 15 is 0 Å². The smallest absolute Gasteiger partial charge is 0.263 e. The van der Waals surface area contributed by atoms with Crippen LogP contribution < -0.4 is 14.8 Å². The van der Waals surface area contributed by atoms with Crippen LogP contribution in [0.1, 0.15) is 26.7 Å². The van der Waals surface area contributed by atoms with Gasteiger partial charge >= 0.3 is 0 Å². The summed E-state index contributed by atoms with van der Waals surface area (Å²) in [6.07, 6.45) is 3.64. The first-order valence-electron chi connectivity index (χ1n) is 10.7. The van der Waals surface area contributed by atoms with Crippen molar-refractivity contribution >= 4 is 39.5 Å². The van der Waals surface area contributed by atoms with Crippen molar-refractivity contribution in [2.24, 2.45) is 0 Å². The zero-order valence-corrected chi connectivity index (χ0v) is 20.3. The molecule has 0 bridgehead atoms. The lowest BCUT2D eigenvalue weighted by Crippen LogP contribution is -2.28. The highest BCUT2D eigenvalue weighted by Gasteiger charge is 2.25. The van der Waals surface area contributed by atoms with Gasteiger partial charge in [-0.3, -0.25) is 4.79 Å². The molecular weight excluding hydrogens is 466 g/mol. The summed E-state index contributed by atoms with van der Waals surface area (Å²) < 4.78 is 11.3. The van der Waals surface area contributed by atoms with E-state index in [9.17, 15) is 4.79 Å². The predicted octanol–water partition coefficient (Wildman–Crippen LogP) is 5.93. The quantitative estimate of drug-likeness (QED) is 0.283. The summed E-state index contributed by atoms with van der Waals surface area (Å²) in [6.45, 7) is 0.385. The fraction of sp³-hybridized carbons (Fsp3) is 0.154. The Morgan fingerprint density at radius 2 is 1.94 bits per heavy atom. The van der Waals surface area contributed by atoms with Crippen LogP contribution in [0.3, 0.4) is 0 Å². The SMILES string of the molecule is COc1cccc(C(CNC(=O)c2cnc(-c3cccs3)s2)c2c[nH]c3ccccc23)c1OC. The fourth-order valence-corrected chi connectivity index (χ4v) is 5.77. The van der Waals surface area contributed by atoms with Crippen LogP contribution in [0.4, 0.5) is 0 Å². The Balaban J connectivity index is 1.48. The Morgan fingerprint density at radius 1 is 1.06 bits per heavy atom. The molecule has 8 heteroatoms. The summed E-state index contributed by atoms with van der Waals surface area (Å²) in [5.74, 6) is 1.01. The van der Waals surface area contributed by atoms with Crippen molar-refractivity contribution in [2.45, 2.75) is 5.92 Å². The molecular formula is C26H23N3O3S2. The number of thiazole rings is 1. The van der Waals surface area contributed by atoms with Gasteiger partial charge in [0, 0.05) is 35.1 Å². The normalized spacial score (nSPS) is 11.9. The van der Waals surface area contributed by atoms with Gasteiger partial charge in [-0.1, -0.05) is 36.4 Å². The van der Waals surface area contributed by atoms with Crippen molar-refractivity contribution in [3.05, 3.63) is 88.4 Å². The van der Waals surface area contributed by atoms with Gasteiger partial charge in [0.15, 0.2) is 11.5 Å². The number of methoxy groups -OCH3 is 2. The van der Waals surface area contributed by atoms with Gasteiger partial charge < -0.3 is 19.8 Å². The number of amides is 1. The number of fused-ring (bicyclic) bond motifs is 1. The molecule has 1 unspecified atom stereocenters. The monoisotopic (exact) mass is 489 g/mol. The van der Waals surface area contributed by atoms with Crippen LogP contribution in [0.5, 0.6) is 11.5 Å². The number of carbonyl (C=O) groups is 1. The molecule has 3 aromatic heterocycles. The summed E-state index contributed by atoms with van der Waals surface area (Å²) >= 11 is 3.01. The van der Waals surface area contributed by atoms with Crippen molar-refractivity contribution in [3.8, 4) is 21.4 Å². The van der Waals surface area contributed by atoms with Crippen LogP contribution in [0.15, 0.2) is 72.4 Å². The molecule has 34 heavy (non-hydrogen) atoms. The van der Waals surface area contributed by atoms with Gasteiger partial charge in [0.1, 0.15) is 9.88 Å². The first-order valence-corrected chi connectivity index (χ1v) is 12.4. The molecule has 3 heterocycles. The topological polar surface area (TPSA) is 76.2 Å². The van der Waals surface area contributed by atoms with Gasteiger partial charge in [-0.05, 0) is 29.1 Å². The average molecular weight is 490 g/mol. The lowest BCUT2D eigenvalue weighted by molar-refractivity contribution is 0.0956. The third-order valence-electron chi connectivity index (χ3n) is 5.73. The Labute approximate surface area is 205 Å². The molecule has 5 rings (SSSR count). The van der Waals surface area contributed by atoms with E-state index in [1.165, 1.54) is 11.3 Å². The standard InChI is InChI=1S/C26H23N3O3S2/c1-31-21-10-5-8-17(24(21)32-2)19(18-13-27-20-9-4-3-7-16(18)20)14-28-25(30)23-15-29-26(34-23)22-11-6-12-33-22/h3-13,15,19,27H,14H2,1-2H3,(H,28,30). The first-order chi connectivity index (χ1) is 16.7. The summed E-state index contributed by atoms with van der Waals surface area (Å²) in [4.78, 5) is 22.5. The molecule has 2 N–H and O–H groups in total. The zero-order valence-electron chi connectivity index (χ0n) is 18.7. The summed E-state index contributed by atoms with van der Waals surface area (Å²) in [7, 11) is 3.26. The number of thiophene rings is 1. The predicted molar refractivity (Wildman–Crippen MR) is 137 cm³/mol. The van der Waals surface area contributed by atoms with Crippen LogP contribution >= 0.6 is 22.7 Å². The van der Waals surface area contributed by atoms with E-state index in [1.807, 2.05) is 60.1 Å². The highest BCUT2D eigenvalue weighted by Crippen LogP contribution is 2.40. The Morgan fingerprint density at radius 3 is 2.74 bits per heavy atom. The molecule has 1 atom stereocenters. The molecule has 0 aliphatic carbocycles. The van der Waals surface area contributed by atoms with E-state index in [4.69, 9.17) is 9.47 Å². The number of para-hydroxylation sites is 2. The molecule has 0 aliphatic rings. The lowest BCUT2D eigenvalue weighted by atomic mass is 9.89. The van der Waals surface area contributed by atoms with Crippen LogP contribution in [0.25, 0.3) is 20.8 Å². The minimum absolute atomic E-state index is 0.146. The van der Waals surface area contributed by atoms with E-state index in [1.54, 1.807) is 31.8 Å². The van der Waals surface area contributed by atoms with Crippen LogP contribution in [0, 0.1) is 0 Å². The highest BCUT2D eigenvalue weighted by molar-refractivity contribution is 7.22. The molecule has 0 fully saturated rings. The lowest BCUT2D eigenvalue weighted by Gasteiger charge is -2.21. The molecule has 0 aliphatic heterocycles. The summed E-state index contributed by atoms with van der Waals surface area (Å²) in [5.41, 5.74) is 3.06. The maximum Gasteiger partial charge on any atom is 0.263 e. The Kier molecular flexibility index (Phi) is 6.33. The second-order valence-electron chi connectivity index (χ2n) is 7.64. The Hall–Kier alpha value is -3.62. The Bertz CT molecular complexity index is 1420. The van der Waals surface area contributed by atoms with Crippen molar-refractivity contribution in [1.29, 1.82) is 0 Å². The number of nitrogens with one attached hydrogen (secondary N) is 2. The third-order valence-corrected chi connectivity index (χ3v) is 7.77. The number of rotatable bonds is 8. The highest BCUT2D eigenvalue weighted by atomic mass is 32.1. The molecule has 0 spiro atoms. The second kappa shape index (κ2) is 9.70. The molecule has 172 valence electrons. The number of ether oxygens (including phenoxy) is 2. The summed E-state index contributed by atoms with van der Waals surface area (Å²) in [5, 5.41) is 7.08.